The van der Waals surface area contributed by atoms with Crippen LogP contribution in [-0.2, 0) is 15.7 Å². The average molecular weight is 362 g/mol. The van der Waals surface area contributed by atoms with E-state index in [9.17, 15) is 0 Å². The Hall–Kier alpha value is -1.10. The molecule has 1 aromatic carbocycles. The number of nitrogens with zero attached hydrogens (tertiary/aromatic N) is 1. The molecule has 140 valence electrons. The Morgan fingerprint density at radius 3 is 2.44 bits per heavy atom. The van der Waals surface area contributed by atoms with E-state index in [4.69, 9.17) is 9.16 Å². The van der Waals surface area contributed by atoms with Crippen molar-refractivity contribution in [3.63, 3.8) is 0 Å². The topological polar surface area (TPSA) is 21.7 Å². The van der Waals surface area contributed by atoms with Crippen LogP contribution in [0.15, 0.2) is 42.1 Å². The van der Waals surface area contributed by atoms with Gasteiger partial charge in [0.25, 0.3) is 0 Å². The van der Waals surface area contributed by atoms with E-state index < -0.39 is 8.32 Å². The normalized spacial score (nSPS) is 19.0. The van der Waals surface area contributed by atoms with Gasteiger partial charge < -0.3 is 14.1 Å². The third kappa shape index (κ3) is 5.70. The molecule has 0 aromatic heterocycles. The molecule has 4 heteroatoms. The van der Waals surface area contributed by atoms with E-state index in [1.165, 1.54) is 11.1 Å². The molecule has 1 aliphatic heterocycles. The maximum atomic E-state index is 6.37. The summed E-state index contributed by atoms with van der Waals surface area (Å²) in [5.41, 5.74) is 2.72. The Labute approximate surface area is 155 Å². The van der Waals surface area contributed by atoms with Gasteiger partial charge in [-0.25, -0.2) is 0 Å². The Kier molecular flexibility index (Phi) is 6.89. The molecule has 0 fully saturated rings. The van der Waals surface area contributed by atoms with E-state index in [1.54, 1.807) is 0 Å². The molecular formula is C21H35NO2Si. The zero-order valence-corrected chi connectivity index (χ0v) is 17.8. The third-order valence-corrected chi connectivity index (χ3v) is 10.2. The molecule has 25 heavy (non-hydrogen) atoms. The minimum atomic E-state index is -1.68. The fourth-order valence-corrected chi connectivity index (χ4v) is 3.97. The second-order valence-corrected chi connectivity index (χ2v) is 13.3. The van der Waals surface area contributed by atoms with Crippen LogP contribution in [-0.4, -0.2) is 39.6 Å². The highest BCUT2D eigenvalue weighted by Gasteiger charge is 2.37. The van der Waals surface area contributed by atoms with E-state index in [0.717, 1.165) is 32.5 Å². The standard InChI is InChI=1S/C21H35NO2Si/c1-21(2,3)25(5,6)24-15-13-19-17-22(14-12-20(19)23-4)16-18-10-8-7-9-11-18/h7-11,17,20H,12-16H2,1-6H3. The number of hydrogen-bond donors (Lipinski definition) is 0. The van der Waals surface area contributed by atoms with Crippen molar-refractivity contribution in [2.24, 2.45) is 0 Å². The van der Waals surface area contributed by atoms with Gasteiger partial charge in [0, 0.05) is 33.0 Å². The maximum Gasteiger partial charge on any atom is 0.191 e. The summed E-state index contributed by atoms with van der Waals surface area (Å²) in [6, 6.07) is 10.7. The first-order chi connectivity index (χ1) is 11.7. The van der Waals surface area contributed by atoms with Crippen molar-refractivity contribution in [2.45, 2.75) is 64.4 Å². The second-order valence-electron chi connectivity index (χ2n) is 8.53. The van der Waals surface area contributed by atoms with Crippen molar-refractivity contribution in [1.82, 2.24) is 4.90 Å². The van der Waals surface area contributed by atoms with Crippen LogP contribution in [0.25, 0.3) is 0 Å². The van der Waals surface area contributed by atoms with E-state index in [-0.39, 0.29) is 11.1 Å². The van der Waals surface area contributed by atoms with E-state index in [1.807, 2.05) is 7.11 Å². The van der Waals surface area contributed by atoms with Gasteiger partial charge in [-0.05, 0) is 42.1 Å². The molecule has 1 aromatic rings. The van der Waals surface area contributed by atoms with Crippen LogP contribution in [0.3, 0.4) is 0 Å². The minimum absolute atomic E-state index is 0.232. The van der Waals surface area contributed by atoms with Crippen LogP contribution in [0.1, 0.15) is 39.2 Å². The zero-order valence-electron chi connectivity index (χ0n) is 16.8. The van der Waals surface area contributed by atoms with Crippen LogP contribution >= 0.6 is 0 Å². The fourth-order valence-electron chi connectivity index (χ4n) is 2.93. The highest BCUT2D eigenvalue weighted by atomic mass is 28.4. The van der Waals surface area contributed by atoms with Crippen LogP contribution in [0.5, 0.6) is 0 Å². The van der Waals surface area contributed by atoms with Crippen molar-refractivity contribution in [3.8, 4) is 0 Å². The minimum Gasteiger partial charge on any atom is -0.417 e. The summed E-state index contributed by atoms with van der Waals surface area (Å²) in [5, 5.41) is 0.258. The van der Waals surface area contributed by atoms with Gasteiger partial charge in [0.2, 0.25) is 0 Å². The van der Waals surface area contributed by atoms with E-state index >= 15 is 0 Å². The summed E-state index contributed by atoms with van der Waals surface area (Å²) in [4.78, 5) is 2.41. The Bertz CT molecular complexity index is 563. The van der Waals surface area contributed by atoms with Crippen LogP contribution in [0.4, 0.5) is 0 Å². The summed E-state index contributed by atoms with van der Waals surface area (Å²) < 4.78 is 12.1. The zero-order chi connectivity index (χ0) is 18.5. The van der Waals surface area contributed by atoms with Gasteiger partial charge in [-0.3, -0.25) is 0 Å². The molecule has 1 unspecified atom stereocenters. The summed E-state index contributed by atoms with van der Waals surface area (Å²) in [6.07, 6.45) is 4.54. The fraction of sp³-hybridized carbons (Fsp3) is 0.619. The largest absolute Gasteiger partial charge is 0.417 e. The molecule has 0 saturated carbocycles. The van der Waals surface area contributed by atoms with Crippen LogP contribution < -0.4 is 0 Å². The molecule has 1 aliphatic rings. The molecule has 0 spiro atoms. The highest BCUT2D eigenvalue weighted by molar-refractivity contribution is 6.74. The number of ether oxygens (including phenoxy) is 1. The quantitative estimate of drug-likeness (QED) is 0.623. The lowest BCUT2D eigenvalue weighted by atomic mass is 10.0. The molecule has 3 nitrogen and oxygen atoms in total. The predicted molar refractivity (Wildman–Crippen MR) is 108 cm³/mol. The van der Waals surface area contributed by atoms with Crippen LogP contribution in [0.2, 0.25) is 18.1 Å². The summed E-state index contributed by atoms with van der Waals surface area (Å²) >= 11 is 0. The lowest BCUT2D eigenvalue weighted by Crippen LogP contribution is -2.41. The van der Waals surface area contributed by atoms with Gasteiger partial charge in [-0.1, -0.05) is 51.1 Å². The molecule has 1 heterocycles. The second kappa shape index (κ2) is 8.52. The molecule has 0 amide bonds. The maximum absolute atomic E-state index is 6.37. The average Bonchev–Trinajstić information content (AvgIpc) is 2.55. The first kappa shape index (κ1) is 20.2. The molecule has 1 atom stereocenters. The number of rotatable bonds is 7. The van der Waals surface area contributed by atoms with Crippen molar-refractivity contribution in [2.75, 3.05) is 20.3 Å². The first-order valence-electron chi connectivity index (χ1n) is 9.38. The first-order valence-corrected chi connectivity index (χ1v) is 12.3. The number of methoxy groups -OCH3 is 1. The SMILES string of the molecule is COC1CCN(Cc2ccccc2)C=C1CCO[Si](C)(C)C(C)(C)C. The summed E-state index contributed by atoms with van der Waals surface area (Å²) in [6.45, 7) is 14.3. The van der Waals surface area contributed by atoms with Crippen LogP contribution in [0, 0.1) is 0 Å². The van der Waals surface area contributed by atoms with Crippen molar-refractivity contribution in [1.29, 1.82) is 0 Å². The summed E-state index contributed by atoms with van der Waals surface area (Å²) in [5.74, 6) is 0. The van der Waals surface area contributed by atoms with Gasteiger partial charge in [0.1, 0.15) is 0 Å². The Morgan fingerprint density at radius 2 is 1.84 bits per heavy atom. The molecule has 0 N–H and O–H groups in total. The van der Waals surface area contributed by atoms with Crippen molar-refractivity contribution in [3.05, 3.63) is 47.7 Å². The smallest absolute Gasteiger partial charge is 0.191 e. The van der Waals surface area contributed by atoms with E-state index in [0.29, 0.717) is 0 Å². The van der Waals surface area contributed by atoms with Gasteiger partial charge in [-0.2, -0.15) is 0 Å². The summed E-state index contributed by atoms with van der Waals surface area (Å²) in [7, 11) is 0.138. The lowest BCUT2D eigenvalue weighted by molar-refractivity contribution is 0.0962. The highest BCUT2D eigenvalue weighted by Crippen LogP contribution is 2.37. The lowest BCUT2D eigenvalue weighted by Gasteiger charge is -2.37. The molecule has 0 bridgehead atoms. The molecule has 2 rings (SSSR count). The molecule has 0 saturated heterocycles. The molecule has 0 radical (unpaired) electrons. The van der Waals surface area contributed by atoms with Crippen molar-refractivity contribution < 1.29 is 9.16 Å². The number of hydrogen-bond acceptors (Lipinski definition) is 3. The van der Waals surface area contributed by atoms with Gasteiger partial charge in [-0.15, -0.1) is 0 Å². The Morgan fingerprint density at radius 1 is 1.16 bits per heavy atom. The van der Waals surface area contributed by atoms with Crippen molar-refractivity contribution >= 4 is 8.32 Å². The third-order valence-electron chi connectivity index (χ3n) is 5.61. The number of benzene rings is 1. The van der Waals surface area contributed by atoms with Gasteiger partial charge in [0.05, 0.1) is 6.10 Å². The molecule has 0 aliphatic carbocycles. The van der Waals surface area contributed by atoms with Gasteiger partial charge >= 0.3 is 0 Å². The van der Waals surface area contributed by atoms with E-state index in [2.05, 4.69) is 75.3 Å². The predicted octanol–water partition coefficient (Wildman–Crippen LogP) is 5.20. The monoisotopic (exact) mass is 361 g/mol. The van der Waals surface area contributed by atoms with Gasteiger partial charge in [0.15, 0.2) is 8.32 Å². The Balaban J connectivity index is 1.97. The molecular weight excluding hydrogens is 326 g/mol.